The number of rotatable bonds is 4. The van der Waals surface area contributed by atoms with Crippen LogP contribution in [0.2, 0.25) is 0 Å². The summed E-state index contributed by atoms with van der Waals surface area (Å²) >= 11 is 0. The van der Waals surface area contributed by atoms with E-state index in [9.17, 15) is 13.2 Å². The van der Waals surface area contributed by atoms with Crippen LogP contribution in [0.4, 0.5) is 13.2 Å². The van der Waals surface area contributed by atoms with Crippen LogP contribution in [-0.4, -0.2) is 31.2 Å². The van der Waals surface area contributed by atoms with Crippen molar-refractivity contribution in [3.8, 4) is 11.3 Å². The van der Waals surface area contributed by atoms with Crippen molar-refractivity contribution in [1.29, 1.82) is 0 Å². The Hall–Kier alpha value is -2.55. The highest BCUT2D eigenvalue weighted by Crippen LogP contribution is 2.29. The van der Waals surface area contributed by atoms with E-state index in [1.165, 1.54) is 38.5 Å². The summed E-state index contributed by atoms with van der Waals surface area (Å²) in [4.78, 5) is 7.97. The molecule has 24 heavy (non-hydrogen) atoms. The molecule has 128 valence electrons. The number of alkyl halides is 2. The molecular formula is C15H16F3N5O. The second kappa shape index (κ2) is 6.52. The molecule has 0 aliphatic heterocycles. The molecule has 0 aromatic carbocycles. The van der Waals surface area contributed by atoms with E-state index >= 15 is 0 Å². The van der Waals surface area contributed by atoms with Crippen molar-refractivity contribution in [1.82, 2.24) is 24.6 Å². The van der Waals surface area contributed by atoms with Crippen molar-refractivity contribution in [2.45, 2.75) is 27.4 Å². The Balaban J connectivity index is 0.00000208. The first-order valence-corrected chi connectivity index (χ1v) is 6.78. The van der Waals surface area contributed by atoms with Crippen LogP contribution in [0, 0.1) is 12.7 Å². The molecule has 0 spiro atoms. The van der Waals surface area contributed by atoms with E-state index in [0.717, 1.165) is 4.40 Å². The van der Waals surface area contributed by atoms with Gasteiger partial charge in [-0.05, 0) is 19.9 Å². The van der Waals surface area contributed by atoms with Crippen LogP contribution in [0.3, 0.4) is 0 Å². The maximum Gasteiger partial charge on any atom is 0.418 e. The molecule has 0 aliphatic carbocycles. The molecule has 0 atom stereocenters. The van der Waals surface area contributed by atoms with Gasteiger partial charge in [-0.1, -0.05) is 7.43 Å². The summed E-state index contributed by atoms with van der Waals surface area (Å²) in [5.74, 6) is -1.17. The normalized spacial score (nSPS) is 11.5. The number of ether oxygens (including phenoxy) is 1. The predicted octanol–water partition coefficient (Wildman–Crippen LogP) is 3.36. The number of pyridine rings is 1. The van der Waals surface area contributed by atoms with Crippen LogP contribution in [-0.2, 0) is 10.8 Å². The van der Waals surface area contributed by atoms with Gasteiger partial charge in [-0.2, -0.15) is 8.78 Å². The molecule has 0 radical (unpaired) electrons. The minimum absolute atomic E-state index is 0. The number of hydrogen-bond acceptors (Lipinski definition) is 5. The van der Waals surface area contributed by atoms with Crippen LogP contribution in [0.15, 0.2) is 24.7 Å². The zero-order valence-electron chi connectivity index (χ0n) is 12.3. The number of halogens is 3. The fraction of sp³-hybridized carbons (Fsp3) is 0.333. The summed E-state index contributed by atoms with van der Waals surface area (Å²) < 4.78 is 47.0. The SMILES string of the molecule is C.CCOC(F)(F)c1nnc2cnc(-c3cnc(C)c(F)c3)cn12. The van der Waals surface area contributed by atoms with Gasteiger partial charge in [-0.15, -0.1) is 10.2 Å². The fourth-order valence-corrected chi connectivity index (χ4v) is 2.04. The summed E-state index contributed by atoms with van der Waals surface area (Å²) in [5.41, 5.74) is 0.984. The first-order chi connectivity index (χ1) is 10.9. The van der Waals surface area contributed by atoms with E-state index in [1.54, 1.807) is 0 Å². The Labute approximate surface area is 136 Å². The number of nitrogens with zero attached hydrogens (tertiary/aromatic N) is 5. The Bertz CT molecular complexity index is 865. The molecule has 0 aliphatic rings. The van der Waals surface area contributed by atoms with Crippen molar-refractivity contribution >= 4 is 5.65 Å². The monoisotopic (exact) mass is 339 g/mol. The molecule has 9 heteroatoms. The van der Waals surface area contributed by atoms with Crippen LogP contribution in [0.5, 0.6) is 0 Å². The lowest BCUT2D eigenvalue weighted by molar-refractivity contribution is -0.251. The summed E-state index contributed by atoms with van der Waals surface area (Å²) in [6.07, 6.45) is 0.385. The van der Waals surface area contributed by atoms with E-state index in [1.807, 2.05) is 0 Å². The minimum Gasteiger partial charge on any atom is -0.314 e. The molecule has 3 aromatic heterocycles. The molecule has 3 rings (SSSR count). The smallest absolute Gasteiger partial charge is 0.314 e. The van der Waals surface area contributed by atoms with Gasteiger partial charge in [-0.25, -0.2) is 4.39 Å². The lowest BCUT2D eigenvalue weighted by Gasteiger charge is -2.13. The first kappa shape index (κ1) is 17.8. The molecule has 0 fully saturated rings. The van der Waals surface area contributed by atoms with Crippen molar-refractivity contribution in [3.63, 3.8) is 0 Å². The van der Waals surface area contributed by atoms with Crippen LogP contribution < -0.4 is 0 Å². The zero-order chi connectivity index (χ0) is 16.6. The van der Waals surface area contributed by atoms with Gasteiger partial charge in [0, 0.05) is 18.0 Å². The molecule has 0 amide bonds. The van der Waals surface area contributed by atoms with Crippen molar-refractivity contribution in [2.24, 2.45) is 0 Å². The second-order valence-corrected chi connectivity index (χ2v) is 4.77. The highest BCUT2D eigenvalue weighted by atomic mass is 19.3. The minimum atomic E-state index is -3.59. The number of aromatic nitrogens is 5. The van der Waals surface area contributed by atoms with Crippen LogP contribution in [0.25, 0.3) is 16.9 Å². The Morgan fingerprint density at radius 1 is 1.21 bits per heavy atom. The van der Waals surface area contributed by atoms with Gasteiger partial charge in [0.15, 0.2) is 5.65 Å². The van der Waals surface area contributed by atoms with Gasteiger partial charge >= 0.3 is 6.11 Å². The third-order valence-corrected chi connectivity index (χ3v) is 3.20. The maximum absolute atomic E-state index is 13.9. The lowest BCUT2D eigenvalue weighted by Crippen LogP contribution is -2.21. The van der Waals surface area contributed by atoms with E-state index in [0.29, 0.717) is 5.56 Å². The van der Waals surface area contributed by atoms with Gasteiger partial charge in [0.05, 0.1) is 24.2 Å². The van der Waals surface area contributed by atoms with Crippen molar-refractivity contribution < 1.29 is 17.9 Å². The summed E-state index contributed by atoms with van der Waals surface area (Å²) in [6.45, 7) is 2.79. The Morgan fingerprint density at radius 2 is 1.96 bits per heavy atom. The summed E-state index contributed by atoms with van der Waals surface area (Å²) in [7, 11) is 0. The van der Waals surface area contributed by atoms with Crippen molar-refractivity contribution in [2.75, 3.05) is 6.61 Å². The van der Waals surface area contributed by atoms with Crippen LogP contribution in [0.1, 0.15) is 25.9 Å². The first-order valence-electron chi connectivity index (χ1n) is 6.78. The Kier molecular flexibility index (Phi) is 4.83. The van der Waals surface area contributed by atoms with Gasteiger partial charge < -0.3 is 4.74 Å². The van der Waals surface area contributed by atoms with Crippen LogP contribution >= 0.6 is 0 Å². The second-order valence-electron chi connectivity index (χ2n) is 4.77. The number of hydrogen-bond donors (Lipinski definition) is 0. The van der Waals surface area contributed by atoms with E-state index < -0.39 is 17.8 Å². The predicted molar refractivity (Wildman–Crippen MR) is 81.0 cm³/mol. The average molecular weight is 339 g/mol. The molecule has 0 unspecified atom stereocenters. The van der Waals surface area contributed by atoms with E-state index in [-0.39, 0.29) is 31.1 Å². The highest BCUT2D eigenvalue weighted by molar-refractivity contribution is 5.58. The molecular weight excluding hydrogens is 323 g/mol. The van der Waals surface area contributed by atoms with E-state index in [4.69, 9.17) is 0 Å². The standard InChI is InChI=1S/C14H12F3N5O.CH4/c1-3-23-14(16,17)13-21-20-12-6-19-11(7-22(12)13)9-4-10(15)8(2)18-5-9;/h4-7H,3H2,1-2H3;1H4. The van der Waals surface area contributed by atoms with Crippen molar-refractivity contribution in [3.05, 3.63) is 42.0 Å². The third-order valence-electron chi connectivity index (χ3n) is 3.20. The third kappa shape index (κ3) is 3.07. The van der Waals surface area contributed by atoms with Gasteiger partial charge in [-0.3, -0.25) is 14.4 Å². The number of fused-ring (bicyclic) bond motifs is 1. The van der Waals surface area contributed by atoms with Gasteiger partial charge in [0.25, 0.3) is 0 Å². The molecule has 0 saturated heterocycles. The zero-order valence-corrected chi connectivity index (χ0v) is 12.3. The Morgan fingerprint density at radius 3 is 2.62 bits per heavy atom. The number of aryl methyl sites for hydroxylation is 1. The van der Waals surface area contributed by atoms with E-state index in [2.05, 4.69) is 24.9 Å². The molecule has 0 saturated carbocycles. The highest BCUT2D eigenvalue weighted by Gasteiger charge is 2.38. The molecule has 3 aromatic rings. The molecule has 0 bridgehead atoms. The molecule has 3 heterocycles. The van der Waals surface area contributed by atoms with Gasteiger partial charge in [0.1, 0.15) is 5.82 Å². The average Bonchev–Trinajstić information content (AvgIpc) is 2.94. The summed E-state index contributed by atoms with van der Waals surface area (Å²) in [6, 6.07) is 1.24. The fourth-order valence-electron chi connectivity index (χ4n) is 2.04. The molecule has 6 nitrogen and oxygen atoms in total. The molecule has 0 N–H and O–H groups in total. The lowest BCUT2D eigenvalue weighted by atomic mass is 10.2. The largest absolute Gasteiger partial charge is 0.418 e. The quantitative estimate of drug-likeness (QED) is 0.729. The van der Waals surface area contributed by atoms with Gasteiger partial charge in [0.2, 0.25) is 5.82 Å². The maximum atomic E-state index is 13.9. The summed E-state index contributed by atoms with van der Waals surface area (Å²) in [5, 5.41) is 7.09. The topological polar surface area (TPSA) is 65.2 Å².